The molecule has 1 fully saturated rings. The largest absolute Gasteiger partial charge is 0.414 e. The fraction of sp³-hybridized carbons (Fsp3) is 0.393. The molecule has 14 heteroatoms. The van der Waals surface area contributed by atoms with Gasteiger partial charge in [-0.1, -0.05) is 17.4 Å². The molecule has 0 spiro atoms. The Morgan fingerprint density at radius 1 is 1.21 bits per heavy atom. The molecule has 0 bridgehead atoms. The van der Waals surface area contributed by atoms with Crippen LogP contribution in [0.2, 0.25) is 0 Å². The third-order valence-electron chi connectivity index (χ3n) is 7.65. The maximum Gasteiger partial charge on any atom is 0.414 e. The van der Waals surface area contributed by atoms with Gasteiger partial charge < -0.3 is 20.0 Å². The molecular formula is C28H27F4N7O2S. The smallest absolute Gasteiger partial charge is 0.367 e. The number of hydrogen-bond donors (Lipinski definition) is 1. The number of piperazine rings is 1. The number of alkyl halides is 3. The molecular weight excluding hydrogens is 574 g/mol. The van der Waals surface area contributed by atoms with Crippen LogP contribution in [0.4, 0.5) is 34.1 Å². The predicted octanol–water partition coefficient (Wildman–Crippen LogP) is 4.24. The second kappa shape index (κ2) is 11.7. The summed E-state index contributed by atoms with van der Waals surface area (Å²) in [7, 11) is 1.97. The number of carbonyl (C=O) groups excluding carboxylic acids is 2. The summed E-state index contributed by atoms with van der Waals surface area (Å²) in [5, 5.41) is 12.4. The van der Waals surface area contributed by atoms with Crippen LogP contribution in [0.5, 0.6) is 0 Å². The van der Waals surface area contributed by atoms with Gasteiger partial charge in [-0.15, -0.1) is 0 Å². The Morgan fingerprint density at radius 3 is 2.64 bits per heavy atom. The number of amides is 2. The van der Waals surface area contributed by atoms with Crippen molar-refractivity contribution in [2.75, 3.05) is 54.9 Å². The first kappa shape index (κ1) is 29.4. The highest BCUT2D eigenvalue weighted by atomic mass is 32.1. The number of anilines is 3. The zero-order valence-corrected chi connectivity index (χ0v) is 23.6. The van der Waals surface area contributed by atoms with Crippen molar-refractivity contribution >= 4 is 51.4 Å². The van der Waals surface area contributed by atoms with Crippen molar-refractivity contribution in [1.82, 2.24) is 9.88 Å². The van der Waals surface area contributed by atoms with Crippen molar-refractivity contribution in [1.29, 1.82) is 5.26 Å². The summed E-state index contributed by atoms with van der Waals surface area (Å²) in [5.41, 5.74) is 0.119. The van der Waals surface area contributed by atoms with Crippen molar-refractivity contribution in [2.45, 2.75) is 25.6 Å². The minimum Gasteiger partial charge on any atom is -0.367 e. The summed E-state index contributed by atoms with van der Waals surface area (Å²) < 4.78 is 56.8. The van der Waals surface area contributed by atoms with Crippen LogP contribution in [0, 0.1) is 23.1 Å². The van der Waals surface area contributed by atoms with Crippen LogP contribution < -0.4 is 15.1 Å². The van der Waals surface area contributed by atoms with Crippen LogP contribution in [0.15, 0.2) is 41.0 Å². The van der Waals surface area contributed by atoms with E-state index in [-0.39, 0.29) is 17.3 Å². The first-order chi connectivity index (χ1) is 19.9. The van der Waals surface area contributed by atoms with E-state index >= 15 is 4.39 Å². The van der Waals surface area contributed by atoms with Crippen LogP contribution in [0.1, 0.15) is 23.8 Å². The minimum atomic E-state index is -4.92. The highest BCUT2D eigenvalue weighted by Gasteiger charge is 2.43. The molecule has 1 saturated heterocycles. The van der Waals surface area contributed by atoms with E-state index in [4.69, 9.17) is 5.26 Å². The molecule has 0 saturated carbocycles. The number of likely N-dealkylation sites (N-methyl/N-ethyl adjacent to an activating group) is 1. The lowest BCUT2D eigenvalue weighted by Crippen LogP contribution is -2.50. The van der Waals surface area contributed by atoms with Crippen LogP contribution in [-0.2, 0) is 9.59 Å². The molecule has 9 nitrogen and oxygen atoms in total. The van der Waals surface area contributed by atoms with E-state index in [9.17, 15) is 22.8 Å². The number of nitrogens with zero attached hydrogens (tertiary/aromatic N) is 6. The number of thiazole rings is 1. The summed E-state index contributed by atoms with van der Waals surface area (Å²) in [6.45, 7) is 4.63. The van der Waals surface area contributed by atoms with E-state index in [0.29, 0.717) is 72.7 Å². The number of dihydropyridines is 1. The van der Waals surface area contributed by atoms with Crippen LogP contribution in [0.25, 0.3) is 5.57 Å². The van der Waals surface area contributed by atoms with Crippen LogP contribution in [0.3, 0.4) is 0 Å². The van der Waals surface area contributed by atoms with E-state index < -0.39 is 35.3 Å². The lowest BCUT2D eigenvalue weighted by Gasteiger charge is -2.40. The Labute approximate surface area is 243 Å². The molecule has 2 amide bonds. The number of aliphatic imine (C=N–C) groups is 1. The van der Waals surface area contributed by atoms with E-state index in [1.807, 2.05) is 29.8 Å². The third kappa shape index (κ3) is 6.07. The number of halogens is 4. The van der Waals surface area contributed by atoms with E-state index in [0.717, 1.165) is 0 Å². The standard InChI is InChI=1S/C28H27F4N7O2S/c1-16-15-39(8-7-37(16)2)24-11-22(29)19(17-3-5-38(6-4-17)27-35-13-18(12-33)42-27)9-23(24)36-26(41)20-14-34-25(40)10-21(20)28(30,31)32/h3,9-11,13-14,16,20H,4-8,15H2,1-2H3,(H,36,41)/t16-,20?/m0/s1. The van der Waals surface area contributed by atoms with Gasteiger partial charge in [0, 0.05) is 56.6 Å². The molecule has 2 atom stereocenters. The van der Waals surface area contributed by atoms with Gasteiger partial charge in [-0.05, 0) is 38.1 Å². The maximum absolute atomic E-state index is 15.7. The van der Waals surface area contributed by atoms with Crippen molar-refractivity contribution in [3.05, 3.63) is 52.3 Å². The Morgan fingerprint density at radius 2 is 2.00 bits per heavy atom. The number of carbonyl (C=O) groups is 2. The molecule has 1 aromatic carbocycles. The molecule has 0 aliphatic carbocycles. The van der Waals surface area contributed by atoms with Crippen molar-refractivity contribution < 1.29 is 27.2 Å². The van der Waals surface area contributed by atoms with Gasteiger partial charge in [-0.25, -0.2) is 14.4 Å². The molecule has 1 N–H and O–H groups in total. The average Bonchev–Trinajstić information content (AvgIpc) is 3.44. The average molecular weight is 602 g/mol. The van der Waals surface area contributed by atoms with Gasteiger partial charge >= 0.3 is 6.18 Å². The summed E-state index contributed by atoms with van der Waals surface area (Å²) in [5.74, 6) is -4.48. The van der Waals surface area contributed by atoms with Crippen molar-refractivity contribution in [3.8, 4) is 6.07 Å². The van der Waals surface area contributed by atoms with E-state index in [2.05, 4.69) is 26.3 Å². The number of benzene rings is 1. The van der Waals surface area contributed by atoms with Gasteiger partial charge in [-0.2, -0.15) is 18.4 Å². The number of hydrogen-bond acceptors (Lipinski definition) is 8. The molecule has 220 valence electrons. The van der Waals surface area contributed by atoms with Crippen molar-refractivity contribution in [2.24, 2.45) is 10.9 Å². The van der Waals surface area contributed by atoms with Gasteiger partial charge in [-0.3, -0.25) is 9.59 Å². The van der Waals surface area contributed by atoms with Crippen LogP contribution >= 0.6 is 11.3 Å². The first-order valence-electron chi connectivity index (χ1n) is 13.2. The minimum absolute atomic E-state index is 0.112. The van der Waals surface area contributed by atoms with Gasteiger partial charge in [0.15, 0.2) is 5.13 Å². The highest BCUT2D eigenvalue weighted by Crippen LogP contribution is 2.38. The van der Waals surface area contributed by atoms with E-state index in [1.165, 1.54) is 29.7 Å². The summed E-state index contributed by atoms with van der Waals surface area (Å²) in [4.78, 5) is 39.0. The van der Waals surface area contributed by atoms with Crippen molar-refractivity contribution in [3.63, 3.8) is 0 Å². The van der Waals surface area contributed by atoms with Crippen LogP contribution in [-0.4, -0.2) is 79.9 Å². The summed E-state index contributed by atoms with van der Waals surface area (Å²) in [6, 6.07) is 4.95. The molecule has 1 unspecified atom stereocenters. The van der Waals surface area contributed by atoms with E-state index in [1.54, 1.807) is 0 Å². The number of nitriles is 1. The topological polar surface area (TPSA) is 105 Å². The van der Waals surface area contributed by atoms with Gasteiger partial charge in [0.25, 0.3) is 5.91 Å². The fourth-order valence-corrected chi connectivity index (χ4v) is 5.90. The molecule has 3 aliphatic rings. The van der Waals surface area contributed by atoms with Gasteiger partial charge in [0.05, 0.1) is 23.1 Å². The number of aromatic nitrogens is 1. The molecule has 4 heterocycles. The first-order valence-corrected chi connectivity index (χ1v) is 14.0. The molecule has 5 rings (SSSR count). The Balaban J connectivity index is 1.47. The number of nitrogens with one attached hydrogen (secondary N) is 1. The quantitative estimate of drug-likeness (QED) is 0.512. The number of rotatable bonds is 5. The molecule has 2 aromatic rings. The third-order valence-corrected chi connectivity index (χ3v) is 8.61. The normalized spacial score (nSPS) is 21.6. The lowest BCUT2D eigenvalue weighted by atomic mass is 9.95. The molecule has 0 radical (unpaired) electrons. The molecule has 1 aromatic heterocycles. The zero-order chi connectivity index (χ0) is 30.2. The highest BCUT2D eigenvalue weighted by molar-refractivity contribution is 7.16. The second-order valence-electron chi connectivity index (χ2n) is 10.3. The second-order valence-corrected chi connectivity index (χ2v) is 11.4. The molecule has 42 heavy (non-hydrogen) atoms. The fourth-order valence-electron chi connectivity index (χ4n) is 5.15. The Kier molecular flexibility index (Phi) is 8.16. The molecule has 3 aliphatic heterocycles. The predicted molar refractivity (Wildman–Crippen MR) is 152 cm³/mol. The maximum atomic E-state index is 15.7. The van der Waals surface area contributed by atoms with Gasteiger partial charge in [0.2, 0.25) is 5.91 Å². The zero-order valence-electron chi connectivity index (χ0n) is 22.8. The SMILES string of the molecule is C[C@H]1CN(c2cc(F)c(C3=CCN(c4ncc(C#N)s4)CC3)cc2NC(=O)C2C=NC(=O)C=C2C(F)(F)F)CCN1C. The monoisotopic (exact) mass is 601 g/mol. The summed E-state index contributed by atoms with van der Waals surface area (Å²) >= 11 is 1.26. The lowest BCUT2D eigenvalue weighted by molar-refractivity contribution is -0.124. The summed E-state index contributed by atoms with van der Waals surface area (Å²) in [6.07, 6.45) is -0.130. The Bertz CT molecular complexity index is 1540. The van der Waals surface area contributed by atoms with Gasteiger partial charge in [0.1, 0.15) is 22.7 Å². The Hall–Kier alpha value is -4.09.